The molecular weight excluding hydrogens is 273 g/mol. The Morgan fingerprint density at radius 2 is 2.10 bits per heavy atom. The lowest BCUT2D eigenvalue weighted by Gasteiger charge is -2.09. The van der Waals surface area contributed by atoms with E-state index in [4.69, 9.17) is 4.52 Å². The van der Waals surface area contributed by atoms with Crippen LogP contribution in [0, 0.1) is 0 Å². The van der Waals surface area contributed by atoms with Gasteiger partial charge in [-0.2, -0.15) is 4.98 Å². The van der Waals surface area contributed by atoms with Crippen LogP contribution >= 0.6 is 0 Å². The van der Waals surface area contributed by atoms with Crippen LogP contribution in [0.2, 0.25) is 0 Å². The molecule has 3 rings (SSSR count). The minimum atomic E-state index is -4.69. The fraction of sp³-hybridized carbons (Fsp3) is 0.385. The van der Waals surface area contributed by atoms with Gasteiger partial charge in [0.2, 0.25) is 5.89 Å². The number of aromatic nitrogens is 2. The molecule has 0 N–H and O–H groups in total. The van der Waals surface area contributed by atoms with Gasteiger partial charge in [0.1, 0.15) is 5.75 Å². The van der Waals surface area contributed by atoms with Crippen molar-refractivity contribution in [2.45, 2.75) is 31.5 Å². The van der Waals surface area contributed by atoms with Gasteiger partial charge in [-0.1, -0.05) is 17.3 Å². The first-order valence-electron chi connectivity index (χ1n) is 6.17. The lowest BCUT2D eigenvalue weighted by atomic mass is 10.1. The molecule has 1 aromatic heterocycles. The minimum Gasteiger partial charge on any atom is -0.406 e. The largest absolute Gasteiger partial charge is 0.573 e. The van der Waals surface area contributed by atoms with Crippen LogP contribution in [0.1, 0.15) is 36.0 Å². The normalized spacial score (nSPS) is 15.3. The zero-order chi connectivity index (χ0) is 14.2. The zero-order valence-electron chi connectivity index (χ0n) is 10.4. The van der Waals surface area contributed by atoms with Gasteiger partial charge in [-0.25, -0.2) is 0 Å². The fourth-order valence-corrected chi connectivity index (χ4v) is 1.87. The third-order valence-corrected chi connectivity index (χ3v) is 2.90. The van der Waals surface area contributed by atoms with Crippen LogP contribution < -0.4 is 4.74 Å². The van der Waals surface area contributed by atoms with E-state index in [1.807, 2.05) is 0 Å². The molecule has 0 atom stereocenters. The summed E-state index contributed by atoms with van der Waals surface area (Å²) in [5.41, 5.74) is 0.634. The highest BCUT2D eigenvalue weighted by Gasteiger charge is 2.31. The predicted octanol–water partition coefficient (Wildman–Crippen LogP) is 3.44. The molecule has 0 unspecified atom stereocenters. The van der Waals surface area contributed by atoms with Crippen molar-refractivity contribution in [3.05, 3.63) is 41.5 Å². The highest BCUT2D eigenvalue weighted by atomic mass is 19.4. The van der Waals surface area contributed by atoms with Gasteiger partial charge in [0, 0.05) is 12.3 Å². The molecule has 1 saturated carbocycles. The van der Waals surface area contributed by atoms with Crippen molar-refractivity contribution in [1.29, 1.82) is 0 Å². The van der Waals surface area contributed by atoms with Crippen molar-refractivity contribution >= 4 is 0 Å². The molecule has 1 heterocycles. The molecular formula is C13H11F3N2O2. The van der Waals surface area contributed by atoms with Gasteiger partial charge in [-0.15, -0.1) is 13.2 Å². The summed E-state index contributed by atoms with van der Waals surface area (Å²) in [6.45, 7) is 0. The lowest BCUT2D eigenvalue weighted by molar-refractivity contribution is -0.274. The Bertz CT molecular complexity index is 606. The van der Waals surface area contributed by atoms with Crippen molar-refractivity contribution < 1.29 is 22.4 Å². The number of rotatable bonds is 4. The van der Waals surface area contributed by atoms with Crippen molar-refractivity contribution in [3.63, 3.8) is 0 Å². The summed E-state index contributed by atoms with van der Waals surface area (Å²) in [5.74, 6) is 1.19. The molecule has 2 aromatic rings. The van der Waals surface area contributed by atoms with Gasteiger partial charge >= 0.3 is 6.36 Å². The molecule has 20 heavy (non-hydrogen) atoms. The lowest BCUT2D eigenvalue weighted by Crippen LogP contribution is -2.17. The zero-order valence-corrected chi connectivity index (χ0v) is 10.4. The quantitative estimate of drug-likeness (QED) is 0.863. The van der Waals surface area contributed by atoms with Crippen LogP contribution in [0.3, 0.4) is 0 Å². The predicted molar refractivity (Wildman–Crippen MR) is 62.2 cm³/mol. The molecule has 0 bridgehead atoms. The van der Waals surface area contributed by atoms with Crippen LogP contribution in [-0.2, 0) is 6.42 Å². The summed E-state index contributed by atoms with van der Waals surface area (Å²) in [6, 6.07) is 5.76. The maximum atomic E-state index is 12.1. The van der Waals surface area contributed by atoms with E-state index in [9.17, 15) is 13.2 Å². The molecule has 1 aromatic carbocycles. The summed E-state index contributed by atoms with van der Waals surface area (Å²) >= 11 is 0. The van der Waals surface area contributed by atoms with E-state index in [0.29, 0.717) is 29.6 Å². The van der Waals surface area contributed by atoms with Gasteiger partial charge in [0.25, 0.3) is 0 Å². The van der Waals surface area contributed by atoms with Crippen LogP contribution in [0.15, 0.2) is 28.8 Å². The van der Waals surface area contributed by atoms with Gasteiger partial charge < -0.3 is 9.26 Å². The van der Waals surface area contributed by atoms with Gasteiger partial charge in [0.15, 0.2) is 5.82 Å². The van der Waals surface area contributed by atoms with Crippen LogP contribution in [0.4, 0.5) is 13.2 Å². The van der Waals surface area contributed by atoms with Crippen molar-refractivity contribution in [2.75, 3.05) is 0 Å². The molecule has 1 aliphatic carbocycles. The molecule has 0 aliphatic heterocycles. The van der Waals surface area contributed by atoms with Gasteiger partial charge in [0.05, 0.1) is 0 Å². The SMILES string of the molecule is FC(F)(F)Oc1cccc(Cc2noc(C3CC3)n2)c1. The molecule has 1 fully saturated rings. The van der Waals surface area contributed by atoms with E-state index in [0.717, 1.165) is 12.8 Å². The van der Waals surface area contributed by atoms with Crippen LogP contribution in [0.25, 0.3) is 0 Å². The molecule has 0 amide bonds. The Hall–Kier alpha value is -2.05. The molecule has 0 saturated heterocycles. The van der Waals surface area contributed by atoms with E-state index in [1.165, 1.54) is 18.2 Å². The number of hydrogen-bond donors (Lipinski definition) is 0. The van der Waals surface area contributed by atoms with Crippen LogP contribution in [0.5, 0.6) is 5.75 Å². The smallest absolute Gasteiger partial charge is 0.406 e. The number of ether oxygens (including phenoxy) is 1. The van der Waals surface area contributed by atoms with Crippen molar-refractivity contribution in [3.8, 4) is 5.75 Å². The fourth-order valence-electron chi connectivity index (χ4n) is 1.87. The first-order valence-corrected chi connectivity index (χ1v) is 6.17. The van der Waals surface area contributed by atoms with E-state index >= 15 is 0 Å². The molecule has 0 radical (unpaired) electrons. The maximum Gasteiger partial charge on any atom is 0.573 e. The maximum absolute atomic E-state index is 12.1. The van der Waals surface area contributed by atoms with Crippen molar-refractivity contribution in [1.82, 2.24) is 10.1 Å². The Balaban J connectivity index is 1.71. The van der Waals surface area contributed by atoms with Gasteiger partial charge in [-0.05, 0) is 30.5 Å². The number of hydrogen-bond acceptors (Lipinski definition) is 4. The Labute approximate surface area is 112 Å². The number of nitrogens with zero attached hydrogens (tertiary/aromatic N) is 2. The minimum absolute atomic E-state index is 0.249. The van der Waals surface area contributed by atoms with E-state index in [-0.39, 0.29) is 5.75 Å². The number of benzene rings is 1. The average molecular weight is 284 g/mol. The first kappa shape index (κ1) is 13.0. The molecule has 4 nitrogen and oxygen atoms in total. The third-order valence-electron chi connectivity index (χ3n) is 2.90. The summed E-state index contributed by atoms with van der Waals surface area (Å²) in [7, 11) is 0. The topological polar surface area (TPSA) is 48.2 Å². The first-order chi connectivity index (χ1) is 9.49. The standard InChI is InChI=1S/C13H11F3N2O2/c14-13(15,16)19-10-3-1-2-8(6-10)7-11-17-12(20-18-11)9-4-5-9/h1-3,6,9H,4-5,7H2. The molecule has 1 aliphatic rings. The monoisotopic (exact) mass is 284 g/mol. The highest BCUT2D eigenvalue weighted by molar-refractivity contribution is 5.30. The van der Waals surface area contributed by atoms with Crippen molar-refractivity contribution in [2.24, 2.45) is 0 Å². The van der Waals surface area contributed by atoms with Gasteiger partial charge in [-0.3, -0.25) is 0 Å². The molecule has 7 heteroatoms. The Morgan fingerprint density at radius 3 is 2.80 bits per heavy atom. The van der Waals surface area contributed by atoms with E-state index in [2.05, 4.69) is 14.9 Å². The van der Waals surface area contributed by atoms with Crippen LogP contribution in [-0.4, -0.2) is 16.5 Å². The number of alkyl halides is 3. The summed E-state index contributed by atoms with van der Waals surface area (Å²) in [4.78, 5) is 4.23. The highest BCUT2D eigenvalue weighted by Crippen LogP contribution is 2.38. The summed E-state index contributed by atoms with van der Waals surface area (Å²) < 4.78 is 45.4. The third kappa shape index (κ3) is 3.28. The average Bonchev–Trinajstić information content (AvgIpc) is 3.09. The Kier molecular flexibility index (Phi) is 3.11. The molecule has 0 spiro atoms. The van der Waals surface area contributed by atoms with E-state index in [1.54, 1.807) is 6.07 Å². The second kappa shape index (κ2) is 4.81. The second-order valence-electron chi connectivity index (χ2n) is 4.70. The summed E-state index contributed by atoms with van der Waals surface area (Å²) in [6.07, 6.45) is -2.28. The Morgan fingerprint density at radius 1 is 1.30 bits per heavy atom. The molecule has 106 valence electrons. The number of halogens is 3. The second-order valence-corrected chi connectivity index (χ2v) is 4.70. The van der Waals surface area contributed by atoms with E-state index < -0.39 is 6.36 Å². The summed E-state index contributed by atoms with van der Waals surface area (Å²) in [5, 5.41) is 3.83.